The smallest absolute Gasteiger partial charge is 0.408 e. The van der Waals surface area contributed by atoms with Crippen molar-refractivity contribution in [1.29, 1.82) is 0 Å². The highest BCUT2D eigenvalue weighted by Gasteiger charge is 2.67. The molecule has 0 aromatic rings. The van der Waals surface area contributed by atoms with Crippen molar-refractivity contribution < 1.29 is 28.3 Å². The number of amides is 1. The van der Waals surface area contributed by atoms with E-state index in [1.807, 2.05) is 27.7 Å². The van der Waals surface area contributed by atoms with Gasteiger partial charge < -0.3 is 24.0 Å². The van der Waals surface area contributed by atoms with E-state index in [1.165, 1.54) is 0 Å². The summed E-state index contributed by atoms with van der Waals surface area (Å²) in [7, 11) is -4.35. The number of fused-ring (bicyclic) bond motifs is 2. The van der Waals surface area contributed by atoms with Crippen LogP contribution in [-0.4, -0.2) is 57.7 Å². The van der Waals surface area contributed by atoms with Crippen LogP contribution < -0.4 is 5.32 Å². The van der Waals surface area contributed by atoms with Gasteiger partial charge in [0.1, 0.15) is 5.60 Å². The van der Waals surface area contributed by atoms with E-state index in [-0.39, 0.29) is 17.4 Å². The SMILES string of the molecule is CC(C)[Si](OCCCC1=CCC2C(O[Si](C)(C)C(C)(C)C)C1(NC(=O)OC(C)(C)C)CC2(C)C(=O)O)(C(C)C)C(C)C. The van der Waals surface area contributed by atoms with Crippen molar-refractivity contribution in [2.75, 3.05) is 6.61 Å². The molecule has 244 valence electrons. The number of hydrogen-bond donors (Lipinski definition) is 2. The monoisotopic (exact) mass is 625 g/mol. The predicted molar refractivity (Wildman–Crippen MR) is 177 cm³/mol. The zero-order valence-corrected chi connectivity index (χ0v) is 31.5. The molecule has 1 amide bonds. The van der Waals surface area contributed by atoms with Gasteiger partial charge in [0.25, 0.3) is 0 Å². The van der Waals surface area contributed by atoms with Crippen LogP contribution in [0.15, 0.2) is 11.6 Å². The summed E-state index contributed by atoms with van der Waals surface area (Å²) >= 11 is 0. The second kappa shape index (κ2) is 12.7. The van der Waals surface area contributed by atoms with Gasteiger partial charge in [-0.05, 0) is 93.7 Å². The summed E-state index contributed by atoms with van der Waals surface area (Å²) in [5.74, 6) is -1.11. The fourth-order valence-electron chi connectivity index (χ4n) is 7.55. The molecule has 1 fully saturated rings. The van der Waals surface area contributed by atoms with Crippen molar-refractivity contribution in [3.8, 4) is 0 Å². The first-order chi connectivity index (χ1) is 18.9. The van der Waals surface area contributed by atoms with Crippen LogP contribution in [0, 0.1) is 11.3 Å². The molecule has 7 nitrogen and oxygen atoms in total. The summed E-state index contributed by atoms with van der Waals surface area (Å²) in [5.41, 5.74) is -0.145. The van der Waals surface area contributed by atoms with Crippen LogP contribution in [0.4, 0.5) is 4.79 Å². The van der Waals surface area contributed by atoms with Crippen LogP contribution in [0.1, 0.15) is 116 Å². The molecule has 2 N–H and O–H groups in total. The molecule has 0 heterocycles. The fourth-order valence-corrected chi connectivity index (χ4v) is 14.4. The molecule has 0 aromatic heterocycles. The van der Waals surface area contributed by atoms with Gasteiger partial charge in [0.05, 0.1) is 17.1 Å². The Morgan fingerprint density at radius 1 is 1.02 bits per heavy atom. The third kappa shape index (κ3) is 7.21. The second-order valence-electron chi connectivity index (χ2n) is 16.6. The number of aliphatic carboxylic acids is 1. The van der Waals surface area contributed by atoms with Gasteiger partial charge in [-0.3, -0.25) is 4.79 Å². The molecule has 4 atom stereocenters. The Hall–Kier alpha value is -1.17. The Balaban J connectivity index is 2.53. The standard InChI is InChI=1S/C33H63NO6Si2/c1-22(2)42(23(3)4,24(5)6)38-20-16-17-25-18-19-26-27(40-41(14,15)31(10,11)12)33(25,21-32(26,13)28(35)36)34-29(37)39-30(7,8)9/h18,22-24,26-27H,16-17,19-21H2,1-15H3,(H,34,37)(H,35,36). The quantitative estimate of drug-likeness (QED) is 0.128. The van der Waals surface area contributed by atoms with E-state index in [4.69, 9.17) is 13.6 Å². The lowest BCUT2D eigenvalue weighted by molar-refractivity contribution is -0.151. The van der Waals surface area contributed by atoms with Gasteiger partial charge in [0, 0.05) is 12.5 Å². The zero-order chi connectivity index (χ0) is 32.7. The van der Waals surface area contributed by atoms with Crippen LogP contribution in [0.3, 0.4) is 0 Å². The average molecular weight is 626 g/mol. The highest BCUT2D eigenvalue weighted by molar-refractivity contribution is 6.77. The van der Waals surface area contributed by atoms with Crippen molar-refractivity contribution in [2.24, 2.45) is 11.3 Å². The summed E-state index contributed by atoms with van der Waals surface area (Å²) in [5, 5.41) is 13.7. The maximum absolute atomic E-state index is 13.5. The Labute approximate surface area is 259 Å². The molecule has 0 spiro atoms. The summed E-state index contributed by atoms with van der Waals surface area (Å²) in [6, 6.07) is 0. The van der Waals surface area contributed by atoms with Crippen LogP contribution in [0.5, 0.6) is 0 Å². The van der Waals surface area contributed by atoms with Crippen molar-refractivity contribution in [1.82, 2.24) is 5.32 Å². The largest absolute Gasteiger partial charge is 0.481 e. The highest BCUT2D eigenvalue weighted by atomic mass is 28.4. The molecule has 0 aliphatic heterocycles. The maximum atomic E-state index is 13.5. The molecule has 2 aliphatic rings. The number of nitrogens with one attached hydrogen (secondary N) is 1. The number of rotatable bonds is 12. The molecule has 42 heavy (non-hydrogen) atoms. The molecule has 0 aromatic carbocycles. The molecular weight excluding hydrogens is 563 g/mol. The van der Waals surface area contributed by atoms with Gasteiger partial charge in [-0.15, -0.1) is 0 Å². The van der Waals surface area contributed by atoms with E-state index in [1.54, 1.807) is 0 Å². The normalized spacial score (nSPS) is 27.0. The van der Waals surface area contributed by atoms with Gasteiger partial charge >= 0.3 is 12.1 Å². The lowest BCUT2D eigenvalue weighted by Gasteiger charge is -2.48. The first-order valence-corrected chi connectivity index (χ1v) is 21.2. The van der Waals surface area contributed by atoms with E-state index in [0.29, 0.717) is 36.1 Å². The van der Waals surface area contributed by atoms with E-state index in [2.05, 4.69) is 86.8 Å². The van der Waals surface area contributed by atoms with E-state index in [0.717, 1.165) is 12.0 Å². The Kier molecular flexibility index (Phi) is 11.2. The van der Waals surface area contributed by atoms with Crippen molar-refractivity contribution in [2.45, 2.75) is 168 Å². The Bertz CT molecular complexity index is 987. The predicted octanol–water partition coefficient (Wildman–Crippen LogP) is 9.05. The topological polar surface area (TPSA) is 94.1 Å². The van der Waals surface area contributed by atoms with Crippen molar-refractivity contribution >= 4 is 28.7 Å². The van der Waals surface area contributed by atoms with Gasteiger partial charge in [0.15, 0.2) is 16.6 Å². The molecular formula is C33H63NO6Si2. The number of allylic oxidation sites excluding steroid dienone is 1. The maximum Gasteiger partial charge on any atom is 0.408 e. The second-order valence-corrected chi connectivity index (χ2v) is 26.9. The Morgan fingerprint density at radius 3 is 1.98 bits per heavy atom. The summed E-state index contributed by atoms with van der Waals surface area (Å²) in [6.45, 7) is 32.8. The molecule has 9 heteroatoms. The number of alkyl carbamates (subject to hydrolysis) is 1. The number of hydrogen-bond acceptors (Lipinski definition) is 5. The molecule has 2 bridgehead atoms. The number of ether oxygens (including phenoxy) is 1. The summed E-state index contributed by atoms with van der Waals surface area (Å²) in [4.78, 5) is 26.3. The third-order valence-corrected chi connectivity index (χ3v) is 21.2. The molecule has 2 aliphatic carbocycles. The molecule has 1 saturated carbocycles. The minimum absolute atomic E-state index is 0.0766. The molecule has 0 saturated heterocycles. The van der Waals surface area contributed by atoms with Gasteiger partial charge in [0.2, 0.25) is 0 Å². The number of carbonyl (C=O) groups is 2. The molecule has 0 radical (unpaired) electrons. The van der Waals surface area contributed by atoms with Gasteiger partial charge in [-0.25, -0.2) is 4.79 Å². The molecule has 4 unspecified atom stereocenters. The first-order valence-electron chi connectivity index (χ1n) is 16.1. The van der Waals surface area contributed by atoms with Crippen LogP contribution in [-0.2, 0) is 18.4 Å². The first kappa shape index (κ1) is 37.0. The number of carboxylic acids is 1. The molecule has 2 rings (SSSR count). The van der Waals surface area contributed by atoms with Crippen molar-refractivity contribution in [3.63, 3.8) is 0 Å². The fraction of sp³-hybridized carbons (Fsp3) is 0.879. The van der Waals surface area contributed by atoms with E-state index >= 15 is 0 Å². The van der Waals surface area contributed by atoms with E-state index in [9.17, 15) is 14.7 Å². The van der Waals surface area contributed by atoms with Gasteiger partial charge in [-0.1, -0.05) is 68.4 Å². The zero-order valence-electron chi connectivity index (χ0n) is 29.5. The minimum Gasteiger partial charge on any atom is -0.481 e. The van der Waals surface area contributed by atoms with Crippen LogP contribution in [0.25, 0.3) is 0 Å². The highest BCUT2D eigenvalue weighted by Crippen LogP contribution is 2.59. The summed E-state index contributed by atoms with van der Waals surface area (Å²) < 4.78 is 19.8. The average Bonchev–Trinajstić information content (AvgIpc) is 2.92. The number of carbonyl (C=O) groups excluding carboxylic acids is 1. The van der Waals surface area contributed by atoms with Gasteiger partial charge in [-0.2, -0.15) is 0 Å². The van der Waals surface area contributed by atoms with Crippen LogP contribution in [0.2, 0.25) is 34.8 Å². The van der Waals surface area contributed by atoms with E-state index < -0.39 is 51.4 Å². The Morgan fingerprint density at radius 2 is 1.55 bits per heavy atom. The third-order valence-electron chi connectivity index (χ3n) is 10.6. The van der Waals surface area contributed by atoms with Crippen LogP contribution >= 0.6 is 0 Å². The lowest BCUT2D eigenvalue weighted by atomic mass is 9.75. The number of carboxylic acid groups (broad SMARTS) is 1. The minimum atomic E-state index is -2.34. The summed E-state index contributed by atoms with van der Waals surface area (Å²) in [6.07, 6.45) is 3.57. The lowest BCUT2D eigenvalue weighted by Crippen LogP contribution is -2.62. The van der Waals surface area contributed by atoms with Crippen molar-refractivity contribution in [3.05, 3.63) is 11.6 Å².